The molecular weight excluding hydrogens is 304 g/mol. The molecule has 0 saturated heterocycles. The first-order valence-corrected chi connectivity index (χ1v) is 8.26. The number of benzene rings is 1. The van der Waals surface area contributed by atoms with Gasteiger partial charge in [0.05, 0.1) is 30.5 Å². The Balaban J connectivity index is 1.72. The smallest absolute Gasteiger partial charge is 0.257 e. The SMILES string of the molecule is CCN1C[C@@H](CN(C)C(=O)c2cnn(C)c2C)Oc2ccccc21. The Morgan fingerprint density at radius 3 is 2.83 bits per heavy atom. The highest BCUT2D eigenvalue weighted by Crippen LogP contribution is 2.32. The van der Waals surface area contributed by atoms with E-state index in [1.54, 1.807) is 15.8 Å². The molecular formula is C18H24N4O2. The maximum Gasteiger partial charge on any atom is 0.257 e. The number of hydrogen-bond donors (Lipinski definition) is 0. The van der Waals surface area contributed by atoms with Gasteiger partial charge >= 0.3 is 0 Å². The highest BCUT2D eigenvalue weighted by Gasteiger charge is 2.27. The summed E-state index contributed by atoms with van der Waals surface area (Å²) >= 11 is 0. The Morgan fingerprint density at radius 1 is 1.42 bits per heavy atom. The Hall–Kier alpha value is -2.50. The zero-order valence-electron chi connectivity index (χ0n) is 14.7. The van der Waals surface area contributed by atoms with Crippen LogP contribution >= 0.6 is 0 Å². The highest BCUT2D eigenvalue weighted by atomic mass is 16.5. The first kappa shape index (κ1) is 16.4. The van der Waals surface area contributed by atoms with Crippen molar-refractivity contribution in [2.24, 2.45) is 7.05 Å². The van der Waals surface area contributed by atoms with E-state index < -0.39 is 0 Å². The van der Waals surface area contributed by atoms with Gasteiger partial charge in [-0.15, -0.1) is 0 Å². The van der Waals surface area contributed by atoms with Crippen LogP contribution in [0.3, 0.4) is 0 Å². The molecule has 2 aromatic rings. The summed E-state index contributed by atoms with van der Waals surface area (Å²) in [6.45, 7) is 6.26. The summed E-state index contributed by atoms with van der Waals surface area (Å²) in [5, 5.41) is 4.15. The summed E-state index contributed by atoms with van der Waals surface area (Å²) in [6.07, 6.45) is 1.58. The molecule has 0 radical (unpaired) electrons. The maximum atomic E-state index is 12.7. The standard InChI is InChI=1S/C18H24N4O2/c1-5-22-12-14(24-17-9-7-6-8-16(17)22)11-20(3)18(23)15-10-19-21(4)13(15)2/h6-10,14H,5,11-12H2,1-4H3/t14-/m1/s1. The molecule has 0 fully saturated rings. The Morgan fingerprint density at radius 2 is 2.17 bits per heavy atom. The normalized spacial score (nSPS) is 16.5. The molecule has 6 nitrogen and oxygen atoms in total. The average molecular weight is 328 g/mol. The second kappa shape index (κ2) is 6.55. The summed E-state index contributed by atoms with van der Waals surface area (Å²) < 4.78 is 7.82. The number of rotatable bonds is 4. The van der Waals surface area contributed by atoms with Crippen molar-refractivity contribution in [2.45, 2.75) is 20.0 Å². The van der Waals surface area contributed by atoms with Crippen molar-refractivity contribution in [1.29, 1.82) is 0 Å². The first-order chi connectivity index (χ1) is 11.5. The van der Waals surface area contributed by atoms with Gasteiger partial charge in [0.1, 0.15) is 11.9 Å². The van der Waals surface area contributed by atoms with Gasteiger partial charge in [0.2, 0.25) is 0 Å². The fourth-order valence-electron chi connectivity index (χ4n) is 3.08. The fraction of sp³-hybridized carbons (Fsp3) is 0.444. The third-order valence-corrected chi connectivity index (χ3v) is 4.60. The average Bonchev–Trinajstić information content (AvgIpc) is 2.92. The summed E-state index contributed by atoms with van der Waals surface area (Å²) in [4.78, 5) is 16.7. The number of anilines is 1. The lowest BCUT2D eigenvalue weighted by atomic mass is 10.1. The number of hydrogen-bond acceptors (Lipinski definition) is 4. The van der Waals surface area contributed by atoms with Crippen LogP contribution in [-0.2, 0) is 7.05 Å². The molecule has 0 saturated carbocycles. The number of aryl methyl sites for hydroxylation is 1. The lowest BCUT2D eigenvalue weighted by molar-refractivity contribution is 0.0708. The third kappa shape index (κ3) is 2.96. The first-order valence-electron chi connectivity index (χ1n) is 8.26. The van der Waals surface area contributed by atoms with E-state index in [9.17, 15) is 4.79 Å². The molecule has 0 N–H and O–H groups in total. The molecule has 1 aliphatic heterocycles. The third-order valence-electron chi connectivity index (χ3n) is 4.60. The molecule has 1 atom stereocenters. The number of carbonyl (C=O) groups excluding carboxylic acids is 1. The minimum Gasteiger partial charge on any atom is -0.485 e. The van der Waals surface area contributed by atoms with Gasteiger partial charge in [0.15, 0.2) is 0 Å². The van der Waals surface area contributed by atoms with Crippen LogP contribution in [-0.4, -0.2) is 53.4 Å². The van der Waals surface area contributed by atoms with E-state index in [4.69, 9.17) is 4.74 Å². The largest absolute Gasteiger partial charge is 0.485 e. The minimum absolute atomic E-state index is 0.0221. The van der Waals surface area contributed by atoms with Gasteiger partial charge < -0.3 is 14.5 Å². The van der Waals surface area contributed by atoms with E-state index in [2.05, 4.69) is 23.0 Å². The number of carbonyl (C=O) groups is 1. The minimum atomic E-state index is -0.0502. The summed E-state index contributed by atoms with van der Waals surface area (Å²) in [6, 6.07) is 8.05. The van der Waals surface area contributed by atoms with Gasteiger partial charge in [-0.1, -0.05) is 12.1 Å². The van der Waals surface area contributed by atoms with E-state index in [-0.39, 0.29) is 12.0 Å². The Bertz CT molecular complexity index is 740. The van der Waals surface area contributed by atoms with Crippen LogP contribution in [0.25, 0.3) is 0 Å². The van der Waals surface area contributed by atoms with Crippen molar-refractivity contribution >= 4 is 11.6 Å². The van der Waals surface area contributed by atoms with Gasteiger partial charge in [-0.3, -0.25) is 9.48 Å². The topological polar surface area (TPSA) is 50.6 Å². The molecule has 0 spiro atoms. The number of nitrogens with zero attached hydrogens (tertiary/aromatic N) is 4. The fourth-order valence-corrected chi connectivity index (χ4v) is 3.08. The van der Waals surface area contributed by atoms with Crippen LogP contribution in [0.5, 0.6) is 5.75 Å². The van der Waals surface area contributed by atoms with Crippen LogP contribution in [0.15, 0.2) is 30.5 Å². The van der Waals surface area contributed by atoms with Gasteiger partial charge in [0, 0.05) is 26.3 Å². The zero-order chi connectivity index (χ0) is 17.3. The predicted octanol–water partition coefficient (Wildman–Crippen LogP) is 2.09. The molecule has 6 heteroatoms. The van der Waals surface area contributed by atoms with Crippen LogP contribution < -0.4 is 9.64 Å². The predicted molar refractivity (Wildman–Crippen MR) is 93.7 cm³/mol. The van der Waals surface area contributed by atoms with Crippen molar-refractivity contribution in [2.75, 3.05) is 31.6 Å². The number of aromatic nitrogens is 2. The van der Waals surface area contributed by atoms with E-state index in [0.29, 0.717) is 12.1 Å². The molecule has 128 valence electrons. The second-order valence-corrected chi connectivity index (χ2v) is 6.20. The molecule has 1 amide bonds. The molecule has 0 unspecified atom stereocenters. The molecule has 24 heavy (non-hydrogen) atoms. The Labute approximate surface area is 142 Å². The maximum absolute atomic E-state index is 12.7. The number of fused-ring (bicyclic) bond motifs is 1. The van der Waals surface area contributed by atoms with Gasteiger partial charge in [0.25, 0.3) is 5.91 Å². The summed E-state index contributed by atoms with van der Waals surface area (Å²) in [5.74, 6) is 0.861. The van der Waals surface area contributed by atoms with Gasteiger partial charge in [-0.25, -0.2) is 0 Å². The van der Waals surface area contributed by atoms with Crippen LogP contribution in [0.2, 0.25) is 0 Å². The quantitative estimate of drug-likeness (QED) is 0.862. The van der Waals surface area contributed by atoms with Crippen molar-refractivity contribution in [3.8, 4) is 5.75 Å². The van der Waals surface area contributed by atoms with Crippen LogP contribution in [0.1, 0.15) is 23.0 Å². The molecule has 1 aromatic carbocycles. The summed E-state index contributed by atoms with van der Waals surface area (Å²) in [7, 11) is 3.65. The van der Waals surface area contributed by atoms with Crippen molar-refractivity contribution in [3.63, 3.8) is 0 Å². The van der Waals surface area contributed by atoms with Crippen molar-refractivity contribution in [3.05, 3.63) is 41.7 Å². The van der Waals surface area contributed by atoms with E-state index >= 15 is 0 Å². The van der Waals surface area contributed by atoms with Crippen molar-refractivity contribution < 1.29 is 9.53 Å². The van der Waals surface area contributed by atoms with Crippen LogP contribution in [0.4, 0.5) is 5.69 Å². The number of amides is 1. The summed E-state index contributed by atoms with van der Waals surface area (Å²) in [5.41, 5.74) is 2.63. The van der Waals surface area contributed by atoms with Crippen molar-refractivity contribution in [1.82, 2.24) is 14.7 Å². The lowest BCUT2D eigenvalue weighted by Crippen LogP contribution is -2.46. The molecule has 2 heterocycles. The molecule has 0 aliphatic carbocycles. The van der Waals surface area contributed by atoms with Gasteiger partial charge in [-0.2, -0.15) is 5.10 Å². The number of likely N-dealkylation sites (N-methyl/N-ethyl adjacent to an activating group) is 2. The van der Waals surface area contributed by atoms with Crippen LogP contribution in [0, 0.1) is 6.92 Å². The Kier molecular flexibility index (Phi) is 4.46. The molecule has 1 aromatic heterocycles. The number of para-hydroxylation sites is 2. The molecule has 1 aliphatic rings. The highest BCUT2D eigenvalue weighted by molar-refractivity contribution is 5.94. The second-order valence-electron chi connectivity index (χ2n) is 6.20. The lowest BCUT2D eigenvalue weighted by Gasteiger charge is -2.37. The van der Waals surface area contributed by atoms with Gasteiger partial charge in [-0.05, 0) is 26.0 Å². The van der Waals surface area contributed by atoms with E-state index in [0.717, 1.165) is 30.2 Å². The molecule has 0 bridgehead atoms. The van der Waals surface area contributed by atoms with E-state index in [1.807, 2.05) is 39.2 Å². The monoisotopic (exact) mass is 328 g/mol. The number of ether oxygens (including phenoxy) is 1. The van der Waals surface area contributed by atoms with E-state index in [1.165, 1.54) is 0 Å². The molecule has 3 rings (SSSR count). The zero-order valence-corrected chi connectivity index (χ0v) is 14.7.